The smallest absolute Gasteiger partial charge is 0.258 e. The van der Waals surface area contributed by atoms with Gasteiger partial charge in [-0.25, -0.2) is 0 Å². The van der Waals surface area contributed by atoms with Crippen molar-refractivity contribution in [3.05, 3.63) is 89.6 Å². The molecule has 0 atom stereocenters. The number of hydrogen-bond acceptors (Lipinski definition) is 6. The number of methoxy groups -OCH3 is 4. The van der Waals surface area contributed by atoms with Crippen LogP contribution >= 0.6 is 0 Å². The van der Waals surface area contributed by atoms with E-state index in [2.05, 4.69) is 11.1 Å². The standard InChI is InChI=1S/C33H39N3O6/c1-39-19-9-17-36(33(38)28-15-14-26(40-2)20-31(28)42-4)23-32(37)35(22-25-10-5-8-13-30(25)41-3)18-16-24-21-34-29-12-7-6-11-27(24)29/h5-8,10-15,20-21,34H,9,16-19,22-23H2,1-4H3. The Morgan fingerprint density at radius 3 is 2.31 bits per heavy atom. The second kappa shape index (κ2) is 14.9. The van der Waals surface area contributed by atoms with Crippen LogP contribution < -0.4 is 14.2 Å². The van der Waals surface area contributed by atoms with E-state index in [1.54, 1.807) is 49.3 Å². The molecule has 9 nitrogen and oxygen atoms in total. The fraction of sp³-hybridized carbons (Fsp3) is 0.333. The number of nitrogens with one attached hydrogen (secondary N) is 1. The summed E-state index contributed by atoms with van der Waals surface area (Å²) in [5.41, 5.74) is 3.43. The number of para-hydroxylation sites is 2. The van der Waals surface area contributed by atoms with Crippen LogP contribution in [0.3, 0.4) is 0 Å². The Balaban J connectivity index is 1.60. The highest BCUT2D eigenvalue weighted by Crippen LogP contribution is 2.26. The molecule has 0 aliphatic heterocycles. The van der Waals surface area contributed by atoms with Gasteiger partial charge in [0.2, 0.25) is 5.91 Å². The number of ether oxygens (including phenoxy) is 4. The molecule has 2 amide bonds. The van der Waals surface area contributed by atoms with Crippen LogP contribution in [-0.2, 0) is 22.5 Å². The van der Waals surface area contributed by atoms with Gasteiger partial charge < -0.3 is 33.7 Å². The third-order valence-corrected chi connectivity index (χ3v) is 7.26. The normalized spacial score (nSPS) is 10.9. The Morgan fingerprint density at radius 1 is 0.786 bits per heavy atom. The van der Waals surface area contributed by atoms with Crippen LogP contribution in [0.4, 0.5) is 0 Å². The van der Waals surface area contributed by atoms with Crippen molar-refractivity contribution in [2.45, 2.75) is 19.4 Å². The van der Waals surface area contributed by atoms with E-state index >= 15 is 0 Å². The molecular formula is C33H39N3O6. The first-order chi connectivity index (χ1) is 20.5. The van der Waals surface area contributed by atoms with E-state index in [0.717, 1.165) is 22.0 Å². The van der Waals surface area contributed by atoms with Gasteiger partial charge in [-0.3, -0.25) is 9.59 Å². The zero-order valence-corrected chi connectivity index (χ0v) is 24.7. The van der Waals surface area contributed by atoms with Gasteiger partial charge in [0.05, 0.1) is 26.9 Å². The summed E-state index contributed by atoms with van der Waals surface area (Å²) >= 11 is 0. The number of aromatic nitrogens is 1. The molecule has 1 aromatic heterocycles. The largest absolute Gasteiger partial charge is 0.497 e. The molecule has 3 aromatic carbocycles. The summed E-state index contributed by atoms with van der Waals surface area (Å²) in [6.07, 6.45) is 3.22. The molecule has 1 heterocycles. The molecule has 0 fully saturated rings. The maximum absolute atomic E-state index is 14.0. The molecule has 1 N–H and O–H groups in total. The van der Waals surface area contributed by atoms with Crippen molar-refractivity contribution in [2.75, 3.05) is 54.7 Å². The quantitative estimate of drug-likeness (QED) is 0.203. The van der Waals surface area contributed by atoms with Crippen molar-refractivity contribution in [3.63, 3.8) is 0 Å². The van der Waals surface area contributed by atoms with Gasteiger partial charge in [0, 0.05) is 62.1 Å². The fourth-order valence-electron chi connectivity index (χ4n) is 4.99. The third-order valence-electron chi connectivity index (χ3n) is 7.26. The van der Waals surface area contributed by atoms with Gasteiger partial charge >= 0.3 is 0 Å². The lowest BCUT2D eigenvalue weighted by Gasteiger charge is -2.29. The third kappa shape index (κ3) is 7.41. The molecule has 42 heavy (non-hydrogen) atoms. The topological polar surface area (TPSA) is 93.3 Å². The number of aromatic amines is 1. The Labute approximate surface area is 246 Å². The molecule has 0 unspecified atom stereocenters. The van der Waals surface area contributed by atoms with Crippen LogP contribution in [0.15, 0.2) is 72.9 Å². The predicted octanol–water partition coefficient (Wildman–Crippen LogP) is 4.94. The van der Waals surface area contributed by atoms with Crippen molar-refractivity contribution < 1.29 is 28.5 Å². The molecular weight excluding hydrogens is 534 g/mol. The number of carbonyl (C=O) groups excluding carboxylic acids is 2. The average molecular weight is 574 g/mol. The number of benzene rings is 3. The maximum Gasteiger partial charge on any atom is 0.258 e. The van der Waals surface area contributed by atoms with Crippen LogP contribution in [-0.4, -0.2) is 81.3 Å². The first kappa shape index (κ1) is 30.5. The van der Waals surface area contributed by atoms with Gasteiger partial charge in [-0.05, 0) is 42.7 Å². The van der Waals surface area contributed by atoms with Gasteiger partial charge in [-0.2, -0.15) is 0 Å². The van der Waals surface area contributed by atoms with Crippen molar-refractivity contribution in [1.29, 1.82) is 0 Å². The molecule has 4 aromatic rings. The second-order valence-electron chi connectivity index (χ2n) is 9.88. The number of fused-ring (bicyclic) bond motifs is 1. The Bertz CT molecular complexity index is 1480. The van der Waals surface area contributed by atoms with Gasteiger partial charge in [0.25, 0.3) is 5.91 Å². The summed E-state index contributed by atoms with van der Waals surface area (Å²) in [6, 6.07) is 20.8. The Kier molecular flexibility index (Phi) is 10.8. The molecule has 222 valence electrons. The number of hydrogen-bond donors (Lipinski definition) is 1. The van der Waals surface area contributed by atoms with Crippen molar-refractivity contribution >= 4 is 22.7 Å². The van der Waals surface area contributed by atoms with Crippen LogP contribution in [0, 0.1) is 0 Å². The minimum atomic E-state index is -0.298. The minimum absolute atomic E-state index is 0.0965. The van der Waals surface area contributed by atoms with Crippen molar-refractivity contribution in [2.24, 2.45) is 0 Å². The minimum Gasteiger partial charge on any atom is -0.497 e. The highest BCUT2D eigenvalue weighted by Gasteiger charge is 2.25. The maximum atomic E-state index is 14.0. The molecule has 0 bridgehead atoms. The first-order valence-electron chi connectivity index (χ1n) is 13.9. The van der Waals surface area contributed by atoms with E-state index in [1.165, 1.54) is 7.11 Å². The van der Waals surface area contributed by atoms with E-state index in [1.807, 2.05) is 48.7 Å². The zero-order valence-electron chi connectivity index (χ0n) is 24.7. The van der Waals surface area contributed by atoms with E-state index in [-0.39, 0.29) is 18.4 Å². The second-order valence-corrected chi connectivity index (χ2v) is 9.88. The SMILES string of the molecule is COCCCN(CC(=O)N(CCc1c[nH]c2ccccc12)Cc1ccccc1OC)C(=O)c1ccc(OC)cc1OC. The molecule has 0 aliphatic rings. The number of amides is 2. The molecule has 0 spiro atoms. The summed E-state index contributed by atoms with van der Waals surface area (Å²) in [5.74, 6) is 1.20. The Morgan fingerprint density at radius 2 is 1.55 bits per heavy atom. The van der Waals surface area contributed by atoms with Crippen molar-refractivity contribution in [3.8, 4) is 17.2 Å². The number of H-pyrrole nitrogens is 1. The van der Waals surface area contributed by atoms with E-state index < -0.39 is 0 Å². The van der Waals surface area contributed by atoms with Gasteiger partial charge in [0.1, 0.15) is 23.8 Å². The lowest BCUT2D eigenvalue weighted by atomic mass is 10.1. The molecule has 0 saturated carbocycles. The lowest BCUT2D eigenvalue weighted by molar-refractivity contribution is -0.132. The highest BCUT2D eigenvalue weighted by atomic mass is 16.5. The summed E-state index contributed by atoms with van der Waals surface area (Å²) in [7, 11) is 6.29. The number of nitrogens with zero attached hydrogens (tertiary/aromatic N) is 2. The van der Waals surface area contributed by atoms with Crippen molar-refractivity contribution in [1.82, 2.24) is 14.8 Å². The van der Waals surface area contributed by atoms with E-state index in [4.69, 9.17) is 18.9 Å². The summed E-state index contributed by atoms with van der Waals surface area (Å²) in [5, 5.41) is 1.13. The lowest BCUT2D eigenvalue weighted by Crippen LogP contribution is -2.44. The molecule has 9 heteroatoms. The summed E-state index contributed by atoms with van der Waals surface area (Å²) < 4.78 is 21.6. The first-order valence-corrected chi connectivity index (χ1v) is 13.9. The average Bonchev–Trinajstić information content (AvgIpc) is 3.45. The van der Waals surface area contributed by atoms with Crippen LogP contribution in [0.5, 0.6) is 17.2 Å². The molecule has 4 rings (SSSR count). The van der Waals surface area contributed by atoms with Gasteiger partial charge in [-0.1, -0.05) is 36.4 Å². The predicted molar refractivity (Wildman–Crippen MR) is 162 cm³/mol. The van der Waals surface area contributed by atoms with Gasteiger partial charge in [-0.15, -0.1) is 0 Å². The van der Waals surface area contributed by atoms with Crippen LogP contribution in [0.1, 0.15) is 27.9 Å². The zero-order chi connectivity index (χ0) is 29.9. The number of rotatable bonds is 15. The molecule has 0 saturated heterocycles. The highest BCUT2D eigenvalue weighted by molar-refractivity contribution is 5.99. The summed E-state index contributed by atoms with van der Waals surface area (Å²) in [6.45, 7) is 1.52. The van der Waals surface area contributed by atoms with Gasteiger partial charge in [0.15, 0.2) is 0 Å². The number of carbonyl (C=O) groups is 2. The van der Waals surface area contributed by atoms with Crippen LogP contribution in [0.2, 0.25) is 0 Å². The monoisotopic (exact) mass is 573 g/mol. The molecule has 0 radical (unpaired) electrons. The Hall–Kier alpha value is -4.50. The van der Waals surface area contributed by atoms with E-state index in [0.29, 0.717) is 61.9 Å². The molecule has 0 aliphatic carbocycles. The van der Waals surface area contributed by atoms with Crippen LogP contribution in [0.25, 0.3) is 10.9 Å². The fourth-order valence-corrected chi connectivity index (χ4v) is 4.99. The summed E-state index contributed by atoms with van der Waals surface area (Å²) in [4.78, 5) is 34.5. The van der Waals surface area contributed by atoms with E-state index in [9.17, 15) is 9.59 Å².